The van der Waals surface area contributed by atoms with Crippen molar-refractivity contribution in [3.8, 4) is 5.75 Å². The molecule has 0 spiro atoms. The van der Waals surface area contributed by atoms with Crippen molar-refractivity contribution in [1.29, 1.82) is 0 Å². The Morgan fingerprint density at radius 1 is 1.24 bits per heavy atom. The van der Waals surface area contributed by atoms with Crippen LogP contribution in [0.15, 0.2) is 28.9 Å². The average Bonchev–Trinajstić information content (AvgIpc) is 3.34. The van der Waals surface area contributed by atoms with Gasteiger partial charge in [-0.1, -0.05) is 0 Å². The fourth-order valence-electron chi connectivity index (χ4n) is 4.52. The fraction of sp³-hybridized carbons (Fsp3) is 0.550. The van der Waals surface area contributed by atoms with Crippen LogP contribution in [0.25, 0.3) is 11.0 Å². The molecule has 25 heavy (non-hydrogen) atoms. The second-order valence-corrected chi connectivity index (χ2v) is 7.29. The fourth-order valence-corrected chi connectivity index (χ4v) is 4.52. The van der Waals surface area contributed by atoms with Crippen molar-refractivity contribution in [2.75, 3.05) is 27.2 Å². The smallest absolute Gasteiger partial charge is 0.227 e. The van der Waals surface area contributed by atoms with Gasteiger partial charge in [0.1, 0.15) is 11.3 Å². The van der Waals surface area contributed by atoms with Crippen molar-refractivity contribution in [3.63, 3.8) is 0 Å². The number of ether oxygens (including phenoxy) is 1. The molecule has 1 aromatic carbocycles. The lowest BCUT2D eigenvalue weighted by Gasteiger charge is -2.33. The number of nitrogens with zero attached hydrogens (tertiary/aromatic N) is 2. The molecule has 2 aromatic rings. The Morgan fingerprint density at radius 3 is 2.80 bits per heavy atom. The summed E-state index contributed by atoms with van der Waals surface area (Å²) in [5.74, 6) is 0.991. The Morgan fingerprint density at radius 2 is 2.04 bits per heavy atom. The number of likely N-dealkylation sites (N-methyl/N-ethyl adjacent to an activating group) is 1. The highest BCUT2D eigenvalue weighted by atomic mass is 16.5. The van der Waals surface area contributed by atoms with Gasteiger partial charge in [-0.25, -0.2) is 0 Å². The van der Waals surface area contributed by atoms with Crippen LogP contribution in [0.2, 0.25) is 0 Å². The molecule has 0 aliphatic carbocycles. The molecule has 1 amide bonds. The lowest BCUT2D eigenvalue weighted by molar-refractivity contribution is -0.132. The predicted molar refractivity (Wildman–Crippen MR) is 96.9 cm³/mol. The molecule has 4 rings (SSSR count). The SMILES string of the molecule is COc1ccc2c(CC(=O)N3CCCC3C3CCCN3C)coc2c1. The van der Waals surface area contributed by atoms with Gasteiger partial charge in [-0.05, 0) is 51.4 Å². The predicted octanol–water partition coefficient (Wildman–Crippen LogP) is 3.07. The van der Waals surface area contributed by atoms with Crippen LogP contribution in [0.5, 0.6) is 5.75 Å². The van der Waals surface area contributed by atoms with E-state index in [4.69, 9.17) is 9.15 Å². The molecule has 0 saturated carbocycles. The van der Waals surface area contributed by atoms with Crippen molar-refractivity contribution >= 4 is 16.9 Å². The molecule has 0 N–H and O–H groups in total. The van der Waals surface area contributed by atoms with Crippen molar-refractivity contribution in [3.05, 3.63) is 30.0 Å². The third kappa shape index (κ3) is 3.01. The molecule has 2 fully saturated rings. The largest absolute Gasteiger partial charge is 0.497 e. The summed E-state index contributed by atoms with van der Waals surface area (Å²) >= 11 is 0. The third-order valence-electron chi connectivity index (χ3n) is 5.85. The second-order valence-electron chi connectivity index (χ2n) is 7.29. The van der Waals surface area contributed by atoms with Gasteiger partial charge >= 0.3 is 0 Å². The molecule has 5 nitrogen and oxygen atoms in total. The zero-order valence-corrected chi connectivity index (χ0v) is 15.0. The van der Waals surface area contributed by atoms with E-state index in [0.29, 0.717) is 18.5 Å². The van der Waals surface area contributed by atoms with Crippen LogP contribution >= 0.6 is 0 Å². The number of methoxy groups -OCH3 is 1. The Hall–Kier alpha value is -2.01. The number of amides is 1. The Balaban J connectivity index is 1.51. The maximum Gasteiger partial charge on any atom is 0.227 e. The molecular formula is C20H26N2O3. The summed E-state index contributed by atoms with van der Waals surface area (Å²) in [5.41, 5.74) is 1.74. The van der Waals surface area contributed by atoms with Gasteiger partial charge in [0, 0.05) is 35.6 Å². The minimum absolute atomic E-state index is 0.223. The normalized spacial score (nSPS) is 24.3. The summed E-state index contributed by atoms with van der Waals surface area (Å²) in [6.45, 7) is 2.04. The minimum Gasteiger partial charge on any atom is -0.497 e. The maximum absolute atomic E-state index is 13.0. The first-order valence-corrected chi connectivity index (χ1v) is 9.21. The van der Waals surface area contributed by atoms with Crippen molar-refractivity contribution in [1.82, 2.24) is 9.80 Å². The second kappa shape index (κ2) is 6.71. The summed E-state index contributed by atoms with van der Waals surface area (Å²) in [6, 6.07) is 6.66. The first-order valence-electron chi connectivity index (χ1n) is 9.21. The van der Waals surface area contributed by atoms with Crippen molar-refractivity contribution in [2.24, 2.45) is 0 Å². The summed E-state index contributed by atoms with van der Waals surface area (Å²) in [4.78, 5) is 17.5. The zero-order chi connectivity index (χ0) is 17.4. The van der Waals surface area contributed by atoms with Crippen LogP contribution in [-0.2, 0) is 11.2 Å². The van der Waals surface area contributed by atoms with Crippen molar-refractivity contribution in [2.45, 2.75) is 44.2 Å². The monoisotopic (exact) mass is 342 g/mol. The molecule has 0 bridgehead atoms. The highest BCUT2D eigenvalue weighted by molar-refractivity contribution is 5.88. The number of likely N-dealkylation sites (tertiary alicyclic amines) is 2. The van der Waals surface area contributed by atoms with E-state index in [0.717, 1.165) is 48.2 Å². The van der Waals surface area contributed by atoms with Gasteiger partial charge in [-0.2, -0.15) is 0 Å². The Bertz CT molecular complexity index is 769. The molecule has 1 aromatic heterocycles. The Kier molecular flexibility index (Phi) is 4.42. The number of carbonyl (C=O) groups excluding carboxylic acids is 1. The van der Waals surface area contributed by atoms with Gasteiger partial charge < -0.3 is 19.0 Å². The van der Waals surface area contributed by atoms with E-state index in [2.05, 4.69) is 16.8 Å². The van der Waals surface area contributed by atoms with Crippen LogP contribution < -0.4 is 4.74 Å². The van der Waals surface area contributed by atoms with E-state index in [1.54, 1.807) is 13.4 Å². The highest BCUT2D eigenvalue weighted by Crippen LogP contribution is 2.31. The molecule has 134 valence electrons. The number of hydrogen-bond donors (Lipinski definition) is 0. The van der Waals surface area contributed by atoms with Gasteiger partial charge in [0.25, 0.3) is 0 Å². The van der Waals surface area contributed by atoms with Crippen LogP contribution in [0.1, 0.15) is 31.2 Å². The lowest BCUT2D eigenvalue weighted by atomic mass is 10.0. The number of hydrogen-bond acceptors (Lipinski definition) is 4. The van der Waals surface area contributed by atoms with Gasteiger partial charge in [0.2, 0.25) is 5.91 Å². The molecule has 2 unspecified atom stereocenters. The van der Waals surface area contributed by atoms with E-state index < -0.39 is 0 Å². The number of benzene rings is 1. The molecule has 3 heterocycles. The molecule has 2 saturated heterocycles. The van der Waals surface area contributed by atoms with Crippen LogP contribution in [0.3, 0.4) is 0 Å². The molecule has 2 atom stereocenters. The molecule has 5 heteroatoms. The molecule has 2 aliphatic rings. The molecule has 0 radical (unpaired) electrons. The number of furan rings is 1. The standard InChI is InChI=1S/C20H26N2O3/c1-21-9-3-5-17(21)18-6-4-10-22(18)20(23)11-14-13-25-19-12-15(24-2)7-8-16(14)19/h7-8,12-13,17-18H,3-6,9-11H2,1-2H3. The quantitative estimate of drug-likeness (QED) is 0.857. The van der Waals surface area contributed by atoms with Crippen LogP contribution in [0, 0.1) is 0 Å². The van der Waals surface area contributed by atoms with Crippen LogP contribution in [-0.4, -0.2) is 55.0 Å². The van der Waals surface area contributed by atoms with E-state index in [1.807, 2.05) is 18.2 Å². The van der Waals surface area contributed by atoms with Gasteiger partial charge in [0.05, 0.1) is 19.8 Å². The number of rotatable bonds is 4. The van der Waals surface area contributed by atoms with Gasteiger partial charge in [-0.3, -0.25) is 4.79 Å². The molecule has 2 aliphatic heterocycles. The summed E-state index contributed by atoms with van der Waals surface area (Å²) in [5, 5.41) is 1.00. The Labute approximate surface area is 148 Å². The first kappa shape index (κ1) is 16.5. The maximum atomic E-state index is 13.0. The lowest BCUT2D eigenvalue weighted by Crippen LogP contribution is -2.47. The van der Waals surface area contributed by atoms with E-state index in [1.165, 1.54) is 12.8 Å². The minimum atomic E-state index is 0.223. The van der Waals surface area contributed by atoms with E-state index in [-0.39, 0.29) is 5.91 Å². The third-order valence-corrected chi connectivity index (χ3v) is 5.85. The van der Waals surface area contributed by atoms with E-state index in [9.17, 15) is 4.79 Å². The van der Waals surface area contributed by atoms with E-state index >= 15 is 0 Å². The zero-order valence-electron chi connectivity index (χ0n) is 15.0. The summed E-state index contributed by atoms with van der Waals surface area (Å²) < 4.78 is 10.9. The number of carbonyl (C=O) groups is 1. The van der Waals surface area contributed by atoms with Crippen molar-refractivity contribution < 1.29 is 13.9 Å². The van der Waals surface area contributed by atoms with Gasteiger partial charge in [-0.15, -0.1) is 0 Å². The molecular weight excluding hydrogens is 316 g/mol. The average molecular weight is 342 g/mol. The topological polar surface area (TPSA) is 45.9 Å². The summed E-state index contributed by atoms with van der Waals surface area (Å²) in [6.07, 6.45) is 6.82. The van der Waals surface area contributed by atoms with Gasteiger partial charge in [0.15, 0.2) is 0 Å². The van der Waals surface area contributed by atoms with Crippen LogP contribution in [0.4, 0.5) is 0 Å². The first-order chi connectivity index (χ1) is 12.2. The number of fused-ring (bicyclic) bond motifs is 1. The highest BCUT2D eigenvalue weighted by Gasteiger charge is 2.38. The summed E-state index contributed by atoms with van der Waals surface area (Å²) in [7, 11) is 3.83.